The van der Waals surface area contributed by atoms with Gasteiger partial charge in [0, 0.05) is 12.5 Å². The fraction of sp³-hybridized carbons (Fsp3) is 0.364. The number of halogens is 2. The van der Waals surface area contributed by atoms with Crippen molar-refractivity contribution in [2.24, 2.45) is 0 Å². The first-order valence-corrected chi connectivity index (χ1v) is 4.75. The highest BCUT2D eigenvalue weighted by Gasteiger charge is 2.05. The van der Waals surface area contributed by atoms with Gasteiger partial charge in [0.1, 0.15) is 17.3 Å². The van der Waals surface area contributed by atoms with Crippen molar-refractivity contribution in [3.63, 3.8) is 0 Å². The molecule has 5 heteroatoms. The summed E-state index contributed by atoms with van der Waals surface area (Å²) in [4.78, 5) is 10.6. The second-order valence-corrected chi connectivity index (χ2v) is 3.15. The molecule has 0 heterocycles. The Morgan fingerprint density at radius 3 is 2.69 bits per heavy atom. The Labute approximate surface area is 92.0 Å². The van der Waals surface area contributed by atoms with Crippen molar-refractivity contribution in [2.75, 3.05) is 6.61 Å². The molecule has 0 aliphatic heterocycles. The topological polar surface area (TPSA) is 35.5 Å². The van der Waals surface area contributed by atoms with Gasteiger partial charge in [0.2, 0.25) is 0 Å². The Kier molecular flexibility index (Phi) is 4.69. The van der Waals surface area contributed by atoms with E-state index in [1.165, 1.54) is 19.1 Å². The Morgan fingerprint density at radius 2 is 2.06 bits per heavy atom. The normalized spacial score (nSPS) is 10.2. The maximum Gasteiger partial charge on any atom is 0.387 e. The molecule has 0 radical (unpaired) electrons. The molecule has 0 aliphatic carbocycles. The number of Topliss-reactive ketones (excluding diaryl/α,β-unsaturated/α-hetero) is 1. The fourth-order valence-electron chi connectivity index (χ4n) is 1.05. The first kappa shape index (κ1) is 12.4. The lowest BCUT2D eigenvalue weighted by Gasteiger charge is -2.07. The monoisotopic (exact) mass is 230 g/mol. The highest BCUT2D eigenvalue weighted by molar-refractivity contribution is 5.75. The molecule has 0 unspecified atom stereocenters. The van der Waals surface area contributed by atoms with Crippen LogP contribution in [0.15, 0.2) is 24.3 Å². The van der Waals surface area contributed by atoms with Crippen molar-refractivity contribution in [1.29, 1.82) is 0 Å². The number of rotatable bonds is 6. The summed E-state index contributed by atoms with van der Waals surface area (Å²) in [7, 11) is 0. The molecule has 0 saturated heterocycles. The van der Waals surface area contributed by atoms with Crippen LogP contribution in [0.3, 0.4) is 0 Å². The third kappa shape index (κ3) is 4.72. The quantitative estimate of drug-likeness (QED) is 0.753. The molecular weight excluding hydrogens is 218 g/mol. The fourth-order valence-corrected chi connectivity index (χ4v) is 1.05. The van der Waals surface area contributed by atoms with Crippen molar-refractivity contribution in [2.45, 2.75) is 20.0 Å². The van der Waals surface area contributed by atoms with Crippen LogP contribution in [0.4, 0.5) is 8.78 Å². The molecule has 1 rings (SSSR count). The van der Waals surface area contributed by atoms with E-state index in [2.05, 4.69) is 4.74 Å². The zero-order valence-electron chi connectivity index (χ0n) is 8.78. The minimum atomic E-state index is -2.85. The predicted molar refractivity (Wildman–Crippen MR) is 53.9 cm³/mol. The van der Waals surface area contributed by atoms with Gasteiger partial charge < -0.3 is 9.47 Å². The molecule has 0 aromatic heterocycles. The summed E-state index contributed by atoms with van der Waals surface area (Å²) in [6, 6.07) is 5.91. The van der Waals surface area contributed by atoms with E-state index in [1.54, 1.807) is 12.1 Å². The van der Waals surface area contributed by atoms with Gasteiger partial charge in [0.15, 0.2) is 0 Å². The maximum atomic E-state index is 11.9. The Bertz CT molecular complexity index is 353. The second-order valence-electron chi connectivity index (χ2n) is 3.15. The average Bonchev–Trinajstić information content (AvgIpc) is 2.16. The van der Waals surface area contributed by atoms with E-state index in [4.69, 9.17) is 4.74 Å². The molecule has 0 N–H and O–H groups in total. The van der Waals surface area contributed by atoms with Gasteiger partial charge in [-0.2, -0.15) is 8.78 Å². The molecule has 0 fully saturated rings. The van der Waals surface area contributed by atoms with Gasteiger partial charge in [-0.3, -0.25) is 4.79 Å². The molecule has 16 heavy (non-hydrogen) atoms. The number of hydrogen-bond donors (Lipinski definition) is 0. The Morgan fingerprint density at radius 1 is 1.38 bits per heavy atom. The van der Waals surface area contributed by atoms with Gasteiger partial charge in [0.05, 0.1) is 6.61 Å². The molecule has 3 nitrogen and oxygen atoms in total. The summed E-state index contributed by atoms with van der Waals surface area (Å²) in [6.07, 6.45) is 0.292. The van der Waals surface area contributed by atoms with E-state index < -0.39 is 6.61 Å². The van der Waals surface area contributed by atoms with Crippen LogP contribution < -0.4 is 9.47 Å². The Balaban J connectivity index is 2.50. The van der Waals surface area contributed by atoms with Gasteiger partial charge in [0.25, 0.3) is 0 Å². The van der Waals surface area contributed by atoms with E-state index in [0.717, 1.165) is 0 Å². The van der Waals surface area contributed by atoms with Crippen molar-refractivity contribution in [3.05, 3.63) is 24.3 Å². The first-order valence-electron chi connectivity index (χ1n) is 4.75. The highest BCUT2D eigenvalue weighted by atomic mass is 19.3. The number of alkyl halides is 2. The first-order chi connectivity index (χ1) is 7.58. The van der Waals surface area contributed by atoms with Crippen LogP contribution in [0.1, 0.15) is 13.3 Å². The molecule has 0 saturated carbocycles. The molecule has 0 amide bonds. The molecule has 0 spiro atoms. The number of ketones is 1. The zero-order chi connectivity index (χ0) is 12.0. The third-order valence-electron chi connectivity index (χ3n) is 1.75. The van der Waals surface area contributed by atoms with Crippen LogP contribution >= 0.6 is 0 Å². The van der Waals surface area contributed by atoms with E-state index in [-0.39, 0.29) is 18.1 Å². The third-order valence-corrected chi connectivity index (χ3v) is 1.75. The van der Waals surface area contributed by atoms with Crippen LogP contribution in [-0.2, 0) is 4.79 Å². The van der Waals surface area contributed by atoms with Crippen LogP contribution in [-0.4, -0.2) is 19.0 Å². The van der Waals surface area contributed by atoms with Crippen molar-refractivity contribution in [3.8, 4) is 11.5 Å². The molecule has 1 aromatic carbocycles. The number of carbonyl (C=O) groups excluding carboxylic acids is 1. The maximum absolute atomic E-state index is 11.9. The molecule has 1 aromatic rings. The average molecular weight is 230 g/mol. The lowest BCUT2D eigenvalue weighted by Crippen LogP contribution is -2.04. The minimum Gasteiger partial charge on any atom is -0.493 e. The SMILES string of the molecule is CC(=O)CCOc1cccc(OC(F)F)c1. The number of hydrogen-bond acceptors (Lipinski definition) is 3. The van der Waals surface area contributed by atoms with E-state index in [9.17, 15) is 13.6 Å². The number of ether oxygens (including phenoxy) is 2. The van der Waals surface area contributed by atoms with Crippen molar-refractivity contribution < 1.29 is 23.0 Å². The molecule has 0 atom stereocenters. The van der Waals surface area contributed by atoms with E-state index in [1.807, 2.05) is 0 Å². The van der Waals surface area contributed by atoms with Crippen molar-refractivity contribution in [1.82, 2.24) is 0 Å². The standard InChI is InChI=1S/C11H12F2O3/c1-8(14)5-6-15-9-3-2-4-10(7-9)16-11(12)13/h2-4,7,11H,5-6H2,1H3. The summed E-state index contributed by atoms with van der Waals surface area (Å²) in [6.45, 7) is -1.17. The van der Waals surface area contributed by atoms with Gasteiger partial charge >= 0.3 is 6.61 Å². The Hall–Kier alpha value is -1.65. The predicted octanol–water partition coefficient (Wildman–Crippen LogP) is 2.65. The van der Waals surface area contributed by atoms with Gasteiger partial charge in [-0.05, 0) is 19.1 Å². The van der Waals surface area contributed by atoms with Crippen LogP contribution in [0.5, 0.6) is 11.5 Å². The smallest absolute Gasteiger partial charge is 0.387 e. The molecular formula is C11H12F2O3. The van der Waals surface area contributed by atoms with Crippen LogP contribution in [0.2, 0.25) is 0 Å². The molecule has 0 aliphatic rings. The minimum absolute atomic E-state index is 0.0139. The van der Waals surface area contributed by atoms with Gasteiger partial charge in [-0.15, -0.1) is 0 Å². The number of carbonyl (C=O) groups is 1. The lowest BCUT2D eigenvalue weighted by atomic mass is 10.3. The summed E-state index contributed by atoms with van der Waals surface area (Å²) >= 11 is 0. The lowest BCUT2D eigenvalue weighted by molar-refractivity contribution is -0.117. The summed E-state index contributed by atoms with van der Waals surface area (Å²) in [5.74, 6) is 0.453. The van der Waals surface area contributed by atoms with Crippen LogP contribution in [0.25, 0.3) is 0 Å². The molecule has 0 bridgehead atoms. The van der Waals surface area contributed by atoms with Crippen LogP contribution in [0, 0.1) is 0 Å². The van der Waals surface area contributed by atoms with Crippen molar-refractivity contribution >= 4 is 5.78 Å². The number of benzene rings is 1. The van der Waals surface area contributed by atoms with Gasteiger partial charge in [-0.1, -0.05) is 6.07 Å². The zero-order valence-corrected chi connectivity index (χ0v) is 8.78. The largest absolute Gasteiger partial charge is 0.493 e. The second kappa shape index (κ2) is 6.05. The van der Waals surface area contributed by atoms with E-state index in [0.29, 0.717) is 12.2 Å². The summed E-state index contributed by atoms with van der Waals surface area (Å²) in [5.41, 5.74) is 0. The van der Waals surface area contributed by atoms with Gasteiger partial charge in [-0.25, -0.2) is 0 Å². The highest BCUT2D eigenvalue weighted by Crippen LogP contribution is 2.21. The van der Waals surface area contributed by atoms with E-state index >= 15 is 0 Å². The summed E-state index contributed by atoms with van der Waals surface area (Å²) in [5, 5.41) is 0. The molecule has 88 valence electrons. The summed E-state index contributed by atoms with van der Waals surface area (Å²) < 4.78 is 33.2.